The first kappa shape index (κ1) is 14.3. The van der Waals surface area contributed by atoms with E-state index in [1.807, 2.05) is 6.07 Å². The molecule has 120 valence electrons. The minimum Gasteiger partial charge on any atom is -0.486 e. The van der Waals surface area contributed by atoms with E-state index in [2.05, 4.69) is 17.0 Å². The van der Waals surface area contributed by atoms with Gasteiger partial charge in [0.15, 0.2) is 11.5 Å². The van der Waals surface area contributed by atoms with Gasteiger partial charge >= 0.3 is 0 Å². The third-order valence-corrected chi connectivity index (χ3v) is 4.97. The molecule has 1 aromatic carbocycles. The van der Waals surface area contributed by atoms with Crippen LogP contribution in [-0.2, 0) is 11.3 Å². The summed E-state index contributed by atoms with van der Waals surface area (Å²) in [5.41, 5.74) is 1.19. The Balaban J connectivity index is 1.37. The molecule has 22 heavy (non-hydrogen) atoms. The van der Waals surface area contributed by atoms with Crippen molar-refractivity contribution in [3.05, 3.63) is 23.8 Å². The van der Waals surface area contributed by atoms with Crippen molar-refractivity contribution < 1.29 is 19.3 Å². The van der Waals surface area contributed by atoms with E-state index in [0.717, 1.165) is 50.4 Å². The van der Waals surface area contributed by atoms with E-state index in [0.29, 0.717) is 19.8 Å². The molecule has 0 aliphatic carbocycles. The molecule has 0 saturated carbocycles. The average molecular weight is 305 g/mol. The van der Waals surface area contributed by atoms with Crippen LogP contribution in [0.25, 0.3) is 0 Å². The van der Waals surface area contributed by atoms with Crippen LogP contribution in [0.1, 0.15) is 24.8 Å². The van der Waals surface area contributed by atoms with Crippen molar-refractivity contribution in [2.45, 2.75) is 37.5 Å². The molecule has 3 aliphatic rings. The molecule has 3 heterocycles. The molecule has 1 N–H and O–H groups in total. The van der Waals surface area contributed by atoms with Gasteiger partial charge < -0.3 is 19.3 Å². The van der Waals surface area contributed by atoms with Crippen LogP contribution >= 0.6 is 0 Å². The van der Waals surface area contributed by atoms with E-state index in [9.17, 15) is 5.11 Å². The van der Waals surface area contributed by atoms with Crippen LogP contribution in [0, 0.1) is 0 Å². The van der Waals surface area contributed by atoms with Crippen molar-refractivity contribution in [3.63, 3.8) is 0 Å². The molecule has 1 aromatic rings. The lowest BCUT2D eigenvalue weighted by molar-refractivity contribution is -0.0456. The lowest BCUT2D eigenvalue weighted by Crippen LogP contribution is -2.43. The summed E-state index contributed by atoms with van der Waals surface area (Å²) in [6.45, 7) is 4.72. The molecule has 0 aromatic heterocycles. The number of ether oxygens (including phenoxy) is 3. The Labute approximate surface area is 130 Å². The van der Waals surface area contributed by atoms with E-state index in [1.165, 1.54) is 5.56 Å². The molecule has 5 nitrogen and oxygen atoms in total. The van der Waals surface area contributed by atoms with Gasteiger partial charge in [0.2, 0.25) is 0 Å². The maximum absolute atomic E-state index is 9.70. The molecular formula is C17H23NO4. The zero-order chi connectivity index (χ0) is 15.0. The topological polar surface area (TPSA) is 51.2 Å². The molecule has 0 amide bonds. The fourth-order valence-electron chi connectivity index (χ4n) is 3.73. The number of nitrogens with zero attached hydrogens (tertiary/aromatic N) is 1. The number of hydrogen-bond donors (Lipinski definition) is 1. The highest BCUT2D eigenvalue weighted by atomic mass is 16.6. The van der Waals surface area contributed by atoms with Gasteiger partial charge in [0.25, 0.3) is 0 Å². The van der Waals surface area contributed by atoms with Gasteiger partial charge in [0.05, 0.1) is 18.3 Å². The van der Waals surface area contributed by atoms with Gasteiger partial charge in [-0.1, -0.05) is 6.07 Å². The zero-order valence-corrected chi connectivity index (χ0v) is 12.8. The fourth-order valence-corrected chi connectivity index (χ4v) is 3.73. The van der Waals surface area contributed by atoms with Crippen LogP contribution in [-0.4, -0.2) is 54.6 Å². The highest BCUT2D eigenvalue weighted by molar-refractivity contribution is 5.43. The number of hydrogen-bond acceptors (Lipinski definition) is 5. The monoisotopic (exact) mass is 305 g/mol. The van der Waals surface area contributed by atoms with Gasteiger partial charge in [-0.2, -0.15) is 0 Å². The molecular weight excluding hydrogens is 282 g/mol. The summed E-state index contributed by atoms with van der Waals surface area (Å²) in [5.74, 6) is 1.71. The van der Waals surface area contributed by atoms with Gasteiger partial charge in [-0.25, -0.2) is 0 Å². The van der Waals surface area contributed by atoms with Crippen LogP contribution in [0.15, 0.2) is 18.2 Å². The summed E-state index contributed by atoms with van der Waals surface area (Å²) in [6.07, 6.45) is 2.54. The SMILES string of the molecule is O[C@H]1COC2(CCN(Cc3ccc4c(c3)OCCO4)CC2)C1. The quantitative estimate of drug-likeness (QED) is 0.899. The lowest BCUT2D eigenvalue weighted by Gasteiger charge is -2.38. The van der Waals surface area contributed by atoms with E-state index >= 15 is 0 Å². The summed E-state index contributed by atoms with van der Waals surface area (Å²) in [7, 11) is 0. The second-order valence-corrected chi connectivity index (χ2v) is 6.61. The van der Waals surface area contributed by atoms with E-state index < -0.39 is 0 Å². The third kappa shape index (κ3) is 2.81. The number of piperidine rings is 1. The van der Waals surface area contributed by atoms with Gasteiger partial charge in [-0.05, 0) is 30.5 Å². The Hall–Kier alpha value is -1.30. The largest absolute Gasteiger partial charge is 0.486 e. The molecule has 0 bridgehead atoms. The van der Waals surface area contributed by atoms with Crippen molar-refractivity contribution in [1.82, 2.24) is 4.90 Å². The molecule has 1 spiro atoms. The first-order chi connectivity index (χ1) is 10.7. The molecule has 2 fully saturated rings. The van der Waals surface area contributed by atoms with Crippen LogP contribution in [0.2, 0.25) is 0 Å². The van der Waals surface area contributed by atoms with E-state index in [1.54, 1.807) is 0 Å². The predicted octanol–water partition coefficient (Wildman–Crippen LogP) is 1.57. The molecule has 2 saturated heterocycles. The molecule has 4 rings (SSSR count). The van der Waals surface area contributed by atoms with Crippen molar-refractivity contribution in [2.24, 2.45) is 0 Å². The smallest absolute Gasteiger partial charge is 0.161 e. The zero-order valence-electron chi connectivity index (χ0n) is 12.8. The Morgan fingerprint density at radius 1 is 1.14 bits per heavy atom. The second-order valence-electron chi connectivity index (χ2n) is 6.61. The molecule has 0 radical (unpaired) electrons. The molecule has 0 unspecified atom stereocenters. The summed E-state index contributed by atoms with van der Waals surface area (Å²) < 4.78 is 17.1. The summed E-state index contributed by atoms with van der Waals surface area (Å²) in [4.78, 5) is 2.45. The number of benzene rings is 1. The number of fused-ring (bicyclic) bond motifs is 1. The van der Waals surface area contributed by atoms with Gasteiger partial charge in [0.1, 0.15) is 13.2 Å². The summed E-state index contributed by atoms with van der Waals surface area (Å²) in [6, 6.07) is 6.22. The first-order valence-electron chi connectivity index (χ1n) is 8.15. The third-order valence-electron chi connectivity index (χ3n) is 4.97. The number of rotatable bonds is 2. The van der Waals surface area contributed by atoms with Crippen molar-refractivity contribution in [3.8, 4) is 11.5 Å². The summed E-state index contributed by atoms with van der Waals surface area (Å²) >= 11 is 0. The molecule has 1 atom stereocenters. The van der Waals surface area contributed by atoms with Gasteiger partial charge in [0, 0.05) is 26.1 Å². The van der Waals surface area contributed by atoms with Crippen molar-refractivity contribution in [1.29, 1.82) is 0 Å². The predicted molar refractivity (Wildman–Crippen MR) is 81.2 cm³/mol. The summed E-state index contributed by atoms with van der Waals surface area (Å²) in [5, 5.41) is 9.70. The Morgan fingerprint density at radius 2 is 1.91 bits per heavy atom. The Morgan fingerprint density at radius 3 is 2.64 bits per heavy atom. The van der Waals surface area contributed by atoms with E-state index in [-0.39, 0.29) is 11.7 Å². The van der Waals surface area contributed by atoms with Crippen molar-refractivity contribution in [2.75, 3.05) is 32.9 Å². The van der Waals surface area contributed by atoms with Crippen molar-refractivity contribution >= 4 is 0 Å². The van der Waals surface area contributed by atoms with Crippen LogP contribution in [0.4, 0.5) is 0 Å². The van der Waals surface area contributed by atoms with Crippen LogP contribution in [0.3, 0.4) is 0 Å². The minimum absolute atomic E-state index is 0.0667. The van der Waals surface area contributed by atoms with Gasteiger partial charge in [-0.15, -0.1) is 0 Å². The normalized spacial score (nSPS) is 27.2. The molecule has 5 heteroatoms. The fraction of sp³-hybridized carbons (Fsp3) is 0.647. The second kappa shape index (κ2) is 5.72. The maximum atomic E-state index is 9.70. The first-order valence-corrected chi connectivity index (χ1v) is 8.15. The average Bonchev–Trinajstić information content (AvgIpc) is 2.91. The van der Waals surface area contributed by atoms with Crippen LogP contribution < -0.4 is 9.47 Å². The van der Waals surface area contributed by atoms with E-state index in [4.69, 9.17) is 14.2 Å². The number of aliphatic hydroxyl groups excluding tert-OH is 1. The Bertz CT molecular complexity index is 539. The number of likely N-dealkylation sites (tertiary alicyclic amines) is 1. The number of aliphatic hydroxyl groups is 1. The molecule has 3 aliphatic heterocycles. The highest BCUT2D eigenvalue weighted by Gasteiger charge is 2.42. The van der Waals surface area contributed by atoms with Gasteiger partial charge in [-0.3, -0.25) is 4.90 Å². The minimum atomic E-state index is -0.274. The highest BCUT2D eigenvalue weighted by Crippen LogP contribution is 2.37. The van der Waals surface area contributed by atoms with Crippen LogP contribution in [0.5, 0.6) is 11.5 Å². The maximum Gasteiger partial charge on any atom is 0.161 e. The Kier molecular flexibility index (Phi) is 3.72. The standard InChI is InChI=1S/C17H23NO4/c19-14-10-17(22-12-14)3-5-18(6-4-17)11-13-1-2-15-16(9-13)21-8-7-20-15/h1-2,9,14,19H,3-8,10-12H2/t14-/m1/s1. The lowest BCUT2D eigenvalue weighted by atomic mass is 9.88.